The highest BCUT2D eigenvalue weighted by Gasteiger charge is 2.33. The van der Waals surface area contributed by atoms with Crippen LogP contribution in [0.15, 0.2) is 66.7 Å². The number of carbonyl (C=O) groups is 2. The zero-order chi connectivity index (χ0) is 27.9. The molecule has 0 unspecified atom stereocenters. The number of hydrogen-bond donors (Lipinski definition) is 1. The van der Waals surface area contributed by atoms with Gasteiger partial charge in [0.25, 0.3) is 0 Å². The van der Waals surface area contributed by atoms with Gasteiger partial charge in [0.2, 0.25) is 11.8 Å². The number of amides is 2. The molecule has 1 saturated carbocycles. The summed E-state index contributed by atoms with van der Waals surface area (Å²) in [5.74, 6) is 1.11. The first kappa shape index (κ1) is 28.3. The quantitative estimate of drug-likeness (QED) is 0.301. The molecule has 2 amide bonds. The summed E-state index contributed by atoms with van der Waals surface area (Å²) >= 11 is 13.1. The lowest BCUT2D eigenvalue weighted by atomic mass is 10.0. The molecule has 0 saturated heterocycles. The standard InChI is InChI=1S/C32H34Cl2N2O4/c33-26-11-6-12-27(34)25(26)21-36(31(37)16-14-23-13-15-29-30(20-23)40-18-17-39-29)28(19-22-7-2-1-3-8-22)32(38)35-24-9-4-5-10-24/h1-3,6-8,11-13,15,20,24,28H,4-5,9-10,14,16-19,21H2,(H,35,38)/t28-/m0/s1. The van der Waals surface area contributed by atoms with Gasteiger partial charge in [0.1, 0.15) is 19.3 Å². The van der Waals surface area contributed by atoms with Crippen LogP contribution >= 0.6 is 23.2 Å². The summed E-state index contributed by atoms with van der Waals surface area (Å²) in [6, 6.07) is 20.2. The van der Waals surface area contributed by atoms with E-state index in [-0.39, 0.29) is 30.8 Å². The second-order valence-corrected chi connectivity index (χ2v) is 11.2. The fourth-order valence-electron chi connectivity index (χ4n) is 5.41. The fraction of sp³-hybridized carbons (Fsp3) is 0.375. The average Bonchev–Trinajstić information content (AvgIpc) is 3.48. The van der Waals surface area contributed by atoms with Crippen molar-refractivity contribution in [3.63, 3.8) is 0 Å². The van der Waals surface area contributed by atoms with Crippen LogP contribution in [-0.2, 0) is 29.0 Å². The molecule has 0 spiro atoms. The van der Waals surface area contributed by atoms with Crippen LogP contribution in [0.2, 0.25) is 10.0 Å². The lowest BCUT2D eigenvalue weighted by Gasteiger charge is -2.33. The maximum atomic E-state index is 14.0. The van der Waals surface area contributed by atoms with Crippen molar-refractivity contribution in [1.82, 2.24) is 10.2 Å². The molecule has 0 bridgehead atoms. The van der Waals surface area contributed by atoms with E-state index in [1.54, 1.807) is 23.1 Å². The van der Waals surface area contributed by atoms with Crippen molar-refractivity contribution in [1.29, 1.82) is 0 Å². The maximum Gasteiger partial charge on any atom is 0.243 e. The van der Waals surface area contributed by atoms with Gasteiger partial charge < -0.3 is 19.7 Å². The van der Waals surface area contributed by atoms with Crippen LogP contribution in [0.4, 0.5) is 0 Å². The van der Waals surface area contributed by atoms with Gasteiger partial charge in [-0.1, -0.05) is 78.5 Å². The number of hydrogen-bond acceptors (Lipinski definition) is 4. The Labute approximate surface area is 245 Å². The van der Waals surface area contributed by atoms with E-state index >= 15 is 0 Å². The van der Waals surface area contributed by atoms with Gasteiger partial charge in [0, 0.05) is 41.0 Å². The van der Waals surface area contributed by atoms with Gasteiger partial charge in [-0.25, -0.2) is 0 Å². The predicted octanol–water partition coefficient (Wildman–Crippen LogP) is 6.40. The molecule has 6 nitrogen and oxygen atoms in total. The Kier molecular flexibility index (Phi) is 9.50. The Morgan fingerprint density at radius 2 is 1.57 bits per heavy atom. The van der Waals surface area contributed by atoms with Gasteiger partial charge in [-0.3, -0.25) is 9.59 Å². The van der Waals surface area contributed by atoms with Crippen LogP contribution in [0.25, 0.3) is 0 Å². The monoisotopic (exact) mass is 580 g/mol. The van der Waals surface area contributed by atoms with Crippen molar-refractivity contribution in [2.45, 2.75) is 63.6 Å². The van der Waals surface area contributed by atoms with Gasteiger partial charge >= 0.3 is 0 Å². The van der Waals surface area contributed by atoms with Gasteiger partial charge in [0.15, 0.2) is 11.5 Å². The number of halogens is 2. The maximum absolute atomic E-state index is 14.0. The second-order valence-electron chi connectivity index (χ2n) is 10.4. The van der Waals surface area contributed by atoms with Crippen molar-refractivity contribution in [2.75, 3.05) is 13.2 Å². The number of ether oxygens (including phenoxy) is 2. The molecule has 0 radical (unpaired) electrons. The molecule has 1 aliphatic carbocycles. The van der Waals surface area contributed by atoms with Crippen molar-refractivity contribution in [3.05, 3.63) is 93.5 Å². The number of aryl methyl sites for hydroxylation is 1. The number of fused-ring (bicyclic) bond motifs is 1. The highest BCUT2D eigenvalue weighted by molar-refractivity contribution is 6.36. The third-order valence-corrected chi connectivity index (χ3v) is 8.31. The third kappa shape index (κ3) is 7.10. The van der Waals surface area contributed by atoms with Crippen LogP contribution in [0.3, 0.4) is 0 Å². The SMILES string of the molecule is O=C(NC1CCCC1)[C@H](Cc1ccccc1)N(Cc1c(Cl)cccc1Cl)C(=O)CCc1ccc2c(c1)OCCO2. The van der Waals surface area contributed by atoms with Crippen molar-refractivity contribution >= 4 is 35.0 Å². The van der Waals surface area contributed by atoms with Crippen LogP contribution in [-0.4, -0.2) is 42.0 Å². The highest BCUT2D eigenvalue weighted by atomic mass is 35.5. The van der Waals surface area contributed by atoms with E-state index in [2.05, 4.69) is 5.32 Å². The molecular formula is C32H34Cl2N2O4. The van der Waals surface area contributed by atoms with E-state index in [0.717, 1.165) is 36.8 Å². The molecule has 1 N–H and O–H groups in total. The summed E-state index contributed by atoms with van der Waals surface area (Å²) in [5, 5.41) is 4.16. The third-order valence-electron chi connectivity index (χ3n) is 7.60. The fourth-order valence-corrected chi connectivity index (χ4v) is 5.93. The van der Waals surface area contributed by atoms with E-state index in [0.29, 0.717) is 53.2 Å². The van der Waals surface area contributed by atoms with E-state index in [4.69, 9.17) is 32.7 Å². The van der Waals surface area contributed by atoms with Gasteiger partial charge in [-0.05, 0) is 54.7 Å². The number of rotatable bonds is 10. The minimum Gasteiger partial charge on any atom is -0.486 e. The molecule has 3 aromatic carbocycles. The number of nitrogens with zero attached hydrogens (tertiary/aromatic N) is 1. The Morgan fingerprint density at radius 1 is 0.875 bits per heavy atom. The zero-order valence-corrected chi connectivity index (χ0v) is 23.9. The zero-order valence-electron chi connectivity index (χ0n) is 22.4. The van der Waals surface area contributed by atoms with Gasteiger partial charge in [-0.15, -0.1) is 0 Å². The number of nitrogens with one attached hydrogen (secondary N) is 1. The second kappa shape index (κ2) is 13.4. The molecular weight excluding hydrogens is 547 g/mol. The first-order valence-electron chi connectivity index (χ1n) is 13.9. The van der Waals surface area contributed by atoms with Gasteiger partial charge in [0.05, 0.1) is 0 Å². The van der Waals surface area contributed by atoms with E-state index in [9.17, 15) is 9.59 Å². The van der Waals surface area contributed by atoms with E-state index in [1.807, 2.05) is 48.5 Å². The van der Waals surface area contributed by atoms with Crippen molar-refractivity contribution in [2.24, 2.45) is 0 Å². The molecule has 210 valence electrons. The minimum absolute atomic E-state index is 0.129. The van der Waals surface area contributed by atoms with E-state index in [1.165, 1.54) is 0 Å². The van der Waals surface area contributed by atoms with Gasteiger partial charge in [-0.2, -0.15) is 0 Å². The van der Waals surface area contributed by atoms with Crippen molar-refractivity contribution in [3.8, 4) is 11.5 Å². The lowest BCUT2D eigenvalue weighted by Crippen LogP contribution is -2.52. The molecule has 3 aromatic rings. The normalized spacial score (nSPS) is 15.4. The first-order valence-corrected chi connectivity index (χ1v) is 14.7. The molecule has 40 heavy (non-hydrogen) atoms. The lowest BCUT2D eigenvalue weighted by molar-refractivity contribution is -0.141. The Balaban J connectivity index is 1.42. The predicted molar refractivity (Wildman–Crippen MR) is 157 cm³/mol. The first-order chi connectivity index (χ1) is 19.5. The average molecular weight is 582 g/mol. The summed E-state index contributed by atoms with van der Waals surface area (Å²) in [7, 11) is 0. The Hall–Kier alpha value is -3.22. The van der Waals surface area contributed by atoms with Crippen molar-refractivity contribution < 1.29 is 19.1 Å². The van der Waals surface area contributed by atoms with Crippen LogP contribution in [0, 0.1) is 0 Å². The Bertz CT molecular complexity index is 1310. The number of carbonyl (C=O) groups excluding carboxylic acids is 2. The molecule has 1 atom stereocenters. The molecule has 5 rings (SSSR count). The molecule has 1 fully saturated rings. The summed E-state index contributed by atoms with van der Waals surface area (Å²) < 4.78 is 11.4. The largest absolute Gasteiger partial charge is 0.486 e. The van der Waals surface area contributed by atoms with Crippen LogP contribution in [0.1, 0.15) is 48.8 Å². The summed E-state index contributed by atoms with van der Waals surface area (Å²) in [4.78, 5) is 29.5. The highest BCUT2D eigenvalue weighted by Crippen LogP contribution is 2.32. The van der Waals surface area contributed by atoms with Crippen LogP contribution in [0.5, 0.6) is 11.5 Å². The molecule has 0 aromatic heterocycles. The topological polar surface area (TPSA) is 67.9 Å². The Morgan fingerprint density at radius 3 is 2.30 bits per heavy atom. The van der Waals surface area contributed by atoms with E-state index < -0.39 is 6.04 Å². The molecule has 1 heterocycles. The molecule has 1 aliphatic heterocycles. The summed E-state index contributed by atoms with van der Waals surface area (Å²) in [6.45, 7) is 1.16. The smallest absolute Gasteiger partial charge is 0.243 e. The minimum atomic E-state index is -0.719. The molecule has 2 aliphatic rings. The van der Waals surface area contributed by atoms with Crippen LogP contribution < -0.4 is 14.8 Å². The summed E-state index contributed by atoms with van der Waals surface area (Å²) in [6.07, 6.45) is 5.20. The molecule has 8 heteroatoms. The number of benzene rings is 3. The summed E-state index contributed by atoms with van der Waals surface area (Å²) in [5.41, 5.74) is 2.57.